The van der Waals surface area contributed by atoms with Crippen molar-refractivity contribution in [3.63, 3.8) is 0 Å². The number of piperidine rings is 1. The standard InChI is InChI=1S/C23H27N5O2S/c1-23(6-7-23)11-20(29)27-8-4-15(5-9-27)22-25-21(26-31-22)16-2-3-17-12-24-28(19(17)10-16)18-13-30-14-18/h2-3,10,12,15,18H,4-9,11,13-14H2,1H3. The summed E-state index contributed by atoms with van der Waals surface area (Å²) < 4.78 is 12.1. The minimum atomic E-state index is 0.282. The quantitative estimate of drug-likeness (QED) is 0.603. The number of benzene rings is 1. The van der Waals surface area contributed by atoms with Crippen molar-refractivity contribution in [2.45, 2.75) is 51.0 Å². The minimum Gasteiger partial charge on any atom is -0.377 e. The summed E-state index contributed by atoms with van der Waals surface area (Å²) in [7, 11) is 0. The number of fused-ring (bicyclic) bond motifs is 1. The Bertz CT molecular complexity index is 1120. The van der Waals surface area contributed by atoms with Gasteiger partial charge in [-0.2, -0.15) is 9.47 Å². The van der Waals surface area contributed by atoms with E-state index in [-0.39, 0.29) is 5.41 Å². The highest BCUT2D eigenvalue weighted by atomic mass is 32.1. The lowest BCUT2D eigenvalue weighted by Crippen LogP contribution is -2.38. The Morgan fingerprint density at radius 3 is 2.77 bits per heavy atom. The summed E-state index contributed by atoms with van der Waals surface area (Å²) in [6, 6.07) is 6.64. The molecular formula is C23H27N5O2S. The van der Waals surface area contributed by atoms with Crippen molar-refractivity contribution in [1.29, 1.82) is 0 Å². The number of aromatic nitrogens is 4. The maximum Gasteiger partial charge on any atom is 0.223 e. The summed E-state index contributed by atoms with van der Waals surface area (Å²) in [5.41, 5.74) is 2.42. The summed E-state index contributed by atoms with van der Waals surface area (Å²) in [4.78, 5) is 19.5. The van der Waals surface area contributed by atoms with Crippen LogP contribution in [-0.2, 0) is 9.53 Å². The average Bonchev–Trinajstić information content (AvgIpc) is 3.15. The fourth-order valence-corrected chi connectivity index (χ4v) is 5.43. The second-order valence-electron chi connectivity index (χ2n) is 9.65. The van der Waals surface area contributed by atoms with E-state index in [4.69, 9.17) is 9.72 Å². The van der Waals surface area contributed by atoms with Gasteiger partial charge in [0.25, 0.3) is 0 Å². The molecule has 2 aliphatic heterocycles. The summed E-state index contributed by atoms with van der Waals surface area (Å²) in [6.45, 7) is 5.35. The van der Waals surface area contributed by atoms with E-state index < -0.39 is 0 Å². The third kappa shape index (κ3) is 3.65. The van der Waals surface area contributed by atoms with Crippen LogP contribution in [0.1, 0.15) is 56.0 Å². The number of carbonyl (C=O) groups is 1. The van der Waals surface area contributed by atoms with Crippen LogP contribution in [-0.4, -0.2) is 56.2 Å². The van der Waals surface area contributed by atoms with Crippen molar-refractivity contribution in [1.82, 2.24) is 24.0 Å². The molecule has 0 N–H and O–H groups in total. The number of hydrogen-bond donors (Lipinski definition) is 0. The van der Waals surface area contributed by atoms with Crippen molar-refractivity contribution in [3.8, 4) is 11.4 Å². The molecule has 1 saturated carbocycles. The van der Waals surface area contributed by atoms with Gasteiger partial charge in [-0.25, -0.2) is 4.98 Å². The first-order chi connectivity index (χ1) is 15.1. The molecule has 0 unspecified atom stereocenters. The maximum absolute atomic E-state index is 12.6. The molecule has 6 rings (SSSR count). The molecule has 3 aliphatic rings. The molecule has 0 atom stereocenters. The van der Waals surface area contributed by atoms with Crippen LogP contribution in [0.5, 0.6) is 0 Å². The van der Waals surface area contributed by atoms with Crippen LogP contribution in [0.2, 0.25) is 0 Å². The van der Waals surface area contributed by atoms with Crippen molar-refractivity contribution < 1.29 is 9.53 Å². The fraction of sp³-hybridized carbons (Fsp3) is 0.565. The van der Waals surface area contributed by atoms with E-state index >= 15 is 0 Å². The molecule has 1 aliphatic carbocycles. The minimum absolute atomic E-state index is 0.282. The lowest BCUT2D eigenvalue weighted by Gasteiger charge is -2.31. The number of hydrogen-bond acceptors (Lipinski definition) is 6. The van der Waals surface area contributed by atoms with Crippen LogP contribution >= 0.6 is 11.5 Å². The van der Waals surface area contributed by atoms with Crippen molar-refractivity contribution in [2.75, 3.05) is 26.3 Å². The van der Waals surface area contributed by atoms with Gasteiger partial charge >= 0.3 is 0 Å². The van der Waals surface area contributed by atoms with Gasteiger partial charge in [-0.1, -0.05) is 19.1 Å². The molecule has 4 heterocycles. The zero-order valence-corrected chi connectivity index (χ0v) is 18.6. The Hall–Kier alpha value is -2.32. The van der Waals surface area contributed by atoms with Crippen molar-refractivity contribution in [2.24, 2.45) is 5.41 Å². The number of likely N-dealkylation sites (tertiary alicyclic amines) is 1. The van der Waals surface area contributed by atoms with E-state index in [0.717, 1.165) is 66.4 Å². The van der Waals surface area contributed by atoms with Crippen molar-refractivity contribution >= 4 is 28.3 Å². The van der Waals surface area contributed by atoms with Gasteiger partial charge in [-0.05, 0) is 48.7 Å². The Morgan fingerprint density at radius 2 is 2.06 bits per heavy atom. The smallest absolute Gasteiger partial charge is 0.223 e. The zero-order chi connectivity index (χ0) is 21.0. The van der Waals surface area contributed by atoms with Crippen LogP contribution in [0.15, 0.2) is 24.4 Å². The Labute approximate surface area is 185 Å². The van der Waals surface area contributed by atoms with Crippen molar-refractivity contribution in [3.05, 3.63) is 29.4 Å². The number of rotatable bonds is 5. The molecular weight excluding hydrogens is 410 g/mol. The molecule has 3 fully saturated rings. The van der Waals surface area contributed by atoms with Crippen LogP contribution in [0.25, 0.3) is 22.3 Å². The van der Waals surface area contributed by atoms with Crippen LogP contribution in [0.3, 0.4) is 0 Å². The second kappa shape index (κ2) is 7.38. The van der Waals surface area contributed by atoms with Gasteiger partial charge in [0.15, 0.2) is 5.82 Å². The van der Waals surface area contributed by atoms with Gasteiger partial charge in [0.05, 0.1) is 31.0 Å². The first kappa shape index (κ1) is 19.4. The van der Waals surface area contributed by atoms with E-state index in [1.54, 1.807) is 0 Å². The third-order valence-electron chi connectivity index (χ3n) is 7.14. The molecule has 3 aromatic rings. The summed E-state index contributed by atoms with van der Waals surface area (Å²) in [5, 5.41) is 6.77. The predicted octanol–water partition coefficient (Wildman–Crippen LogP) is 4.02. The molecule has 2 aromatic heterocycles. The second-order valence-corrected chi connectivity index (χ2v) is 10.4. The third-order valence-corrected chi connectivity index (χ3v) is 8.02. The van der Waals surface area contributed by atoms with Gasteiger partial charge in [0.2, 0.25) is 5.91 Å². The maximum atomic E-state index is 12.6. The normalized spacial score (nSPS) is 21.4. The molecule has 1 aromatic carbocycles. The largest absolute Gasteiger partial charge is 0.377 e. The van der Waals surface area contributed by atoms with Gasteiger partial charge in [-0.15, -0.1) is 0 Å². The number of ether oxygens (including phenoxy) is 1. The Kier molecular flexibility index (Phi) is 4.61. The SMILES string of the molecule is CC1(CC(=O)N2CCC(c3nc(-c4ccc5cnn(C6COC6)c5c4)ns3)CC2)CC1. The zero-order valence-electron chi connectivity index (χ0n) is 17.8. The fourth-order valence-electron chi connectivity index (χ4n) is 4.59. The molecule has 31 heavy (non-hydrogen) atoms. The molecule has 0 radical (unpaired) electrons. The lowest BCUT2D eigenvalue weighted by molar-refractivity contribution is -0.133. The van der Waals surface area contributed by atoms with E-state index in [0.29, 0.717) is 24.3 Å². The van der Waals surface area contributed by atoms with E-state index in [9.17, 15) is 4.79 Å². The summed E-state index contributed by atoms with van der Waals surface area (Å²) in [5.74, 6) is 1.52. The van der Waals surface area contributed by atoms with Crippen LogP contribution in [0.4, 0.5) is 0 Å². The Balaban J connectivity index is 1.15. The molecule has 1 amide bonds. The van der Waals surface area contributed by atoms with E-state index in [2.05, 4.69) is 44.2 Å². The molecule has 2 saturated heterocycles. The average molecular weight is 438 g/mol. The Morgan fingerprint density at radius 1 is 1.26 bits per heavy atom. The van der Waals surface area contributed by atoms with Gasteiger partial charge in [-0.3, -0.25) is 9.48 Å². The van der Waals surface area contributed by atoms with Crippen LogP contribution in [0, 0.1) is 5.41 Å². The highest BCUT2D eigenvalue weighted by Gasteiger charge is 2.40. The number of amides is 1. The highest BCUT2D eigenvalue weighted by Crippen LogP contribution is 2.48. The lowest BCUT2D eigenvalue weighted by atomic mass is 9.96. The summed E-state index contributed by atoms with van der Waals surface area (Å²) >= 11 is 1.51. The number of nitrogens with zero attached hydrogens (tertiary/aromatic N) is 5. The highest BCUT2D eigenvalue weighted by molar-refractivity contribution is 7.05. The van der Waals surface area contributed by atoms with Crippen LogP contribution < -0.4 is 0 Å². The van der Waals surface area contributed by atoms with E-state index in [1.165, 1.54) is 24.4 Å². The molecule has 7 nitrogen and oxygen atoms in total. The summed E-state index contributed by atoms with van der Waals surface area (Å²) in [6.07, 6.45) is 6.98. The van der Waals surface area contributed by atoms with Gasteiger partial charge in [0, 0.05) is 36.4 Å². The first-order valence-corrected chi connectivity index (χ1v) is 12.0. The predicted molar refractivity (Wildman–Crippen MR) is 119 cm³/mol. The topological polar surface area (TPSA) is 73.1 Å². The molecule has 8 heteroatoms. The molecule has 0 spiro atoms. The monoisotopic (exact) mass is 437 g/mol. The molecule has 162 valence electrons. The van der Waals surface area contributed by atoms with Gasteiger partial charge < -0.3 is 9.64 Å². The number of carbonyl (C=O) groups excluding carboxylic acids is 1. The first-order valence-electron chi connectivity index (χ1n) is 11.2. The van der Waals surface area contributed by atoms with Gasteiger partial charge in [0.1, 0.15) is 5.01 Å². The van der Waals surface area contributed by atoms with E-state index in [1.807, 2.05) is 6.20 Å². The molecule has 0 bridgehead atoms.